The maximum absolute atomic E-state index is 12.3. The number of hydrogen-bond acceptors (Lipinski definition) is 5. The molecule has 3 rings (SSSR count). The van der Waals surface area contributed by atoms with Gasteiger partial charge in [0.1, 0.15) is 11.5 Å². The number of aromatic nitrogens is 2. The molecule has 0 spiro atoms. The van der Waals surface area contributed by atoms with E-state index in [-0.39, 0.29) is 5.91 Å². The van der Waals surface area contributed by atoms with E-state index >= 15 is 0 Å². The second-order valence-corrected chi connectivity index (χ2v) is 5.79. The van der Waals surface area contributed by atoms with Gasteiger partial charge in [0, 0.05) is 23.5 Å². The third-order valence-corrected chi connectivity index (χ3v) is 3.88. The molecule has 0 unspecified atom stereocenters. The second kappa shape index (κ2) is 5.49. The topological polar surface area (TPSA) is 66.9 Å². The van der Waals surface area contributed by atoms with Crippen molar-refractivity contribution in [3.8, 4) is 0 Å². The van der Waals surface area contributed by atoms with E-state index in [1.165, 1.54) is 11.3 Å². The average Bonchev–Trinajstić information content (AvgIpc) is 2.91. The molecule has 0 aliphatic carbocycles. The van der Waals surface area contributed by atoms with Crippen LogP contribution in [0.25, 0.3) is 10.8 Å². The number of nitrogens with zero attached hydrogens (tertiary/aromatic N) is 2. The Morgan fingerprint density at radius 1 is 1.29 bits per heavy atom. The second-order valence-electron chi connectivity index (χ2n) is 4.56. The SMILES string of the molecule is CNc1nc(C(=O)Nc2ncc(C)s2)cc2ccccc12. The molecule has 3 aromatic rings. The van der Waals surface area contributed by atoms with Crippen LogP contribution in [0.4, 0.5) is 10.9 Å². The van der Waals surface area contributed by atoms with E-state index in [9.17, 15) is 4.79 Å². The van der Waals surface area contributed by atoms with Crippen molar-refractivity contribution in [1.29, 1.82) is 0 Å². The lowest BCUT2D eigenvalue weighted by molar-refractivity contribution is 0.102. The van der Waals surface area contributed by atoms with Gasteiger partial charge >= 0.3 is 0 Å². The summed E-state index contributed by atoms with van der Waals surface area (Å²) in [6.07, 6.45) is 1.73. The Labute approximate surface area is 126 Å². The first-order chi connectivity index (χ1) is 10.2. The van der Waals surface area contributed by atoms with Gasteiger partial charge in [-0.3, -0.25) is 10.1 Å². The van der Waals surface area contributed by atoms with Crippen molar-refractivity contribution in [2.24, 2.45) is 0 Å². The molecule has 0 radical (unpaired) electrons. The molecule has 6 heteroatoms. The van der Waals surface area contributed by atoms with Crippen LogP contribution in [-0.2, 0) is 0 Å². The highest BCUT2D eigenvalue weighted by Gasteiger charge is 2.13. The summed E-state index contributed by atoms with van der Waals surface area (Å²) in [6, 6.07) is 9.60. The molecule has 21 heavy (non-hydrogen) atoms. The molecule has 2 heterocycles. The van der Waals surface area contributed by atoms with Crippen LogP contribution in [-0.4, -0.2) is 22.9 Å². The summed E-state index contributed by atoms with van der Waals surface area (Å²) in [7, 11) is 1.79. The van der Waals surface area contributed by atoms with Crippen molar-refractivity contribution in [3.63, 3.8) is 0 Å². The van der Waals surface area contributed by atoms with Crippen LogP contribution in [0.5, 0.6) is 0 Å². The summed E-state index contributed by atoms with van der Waals surface area (Å²) < 4.78 is 0. The van der Waals surface area contributed by atoms with Crippen molar-refractivity contribution < 1.29 is 4.79 Å². The number of pyridine rings is 1. The van der Waals surface area contributed by atoms with Gasteiger partial charge in [0.15, 0.2) is 5.13 Å². The van der Waals surface area contributed by atoms with Gasteiger partial charge in [-0.15, -0.1) is 11.3 Å². The molecule has 0 saturated heterocycles. The fraction of sp³-hybridized carbons (Fsp3) is 0.133. The van der Waals surface area contributed by atoms with E-state index in [2.05, 4.69) is 20.6 Å². The summed E-state index contributed by atoms with van der Waals surface area (Å²) in [4.78, 5) is 21.9. The summed E-state index contributed by atoms with van der Waals surface area (Å²) in [5.74, 6) is 0.431. The average molecular weight is 298 g/mol. The van der Waals surface area contributed by atoms with Crippen LogP contribution in [0, 0.1) is 6.92 Å². The van der Waals surface area contributed by atoms with E-state index in [0.717, 1.165) is 15.6 Å². The molecule has 0 saturated carbocycles. The van der Waals surface area contributed by atoms with Gasteiger partial charge < -0.3 is 5.32 Å². The number of thiazole rings is 1. The Morgan fingerprint density at radius 2 is 2.10 bits per heavy atom. The van der Waals surface area contributed by atoms with E-state index < -0.39 is 0 Å². The third-order valence-electron chi connectivity index (χ3n) is 3.05. The van der Waals surface area contributed by atoms with Crippen molar-refractivity contribution >= 4 is 39.0 Å². The molecular formula is C15H14N4OS. The molecule has 2 N–H and O–H groups in total. The largest absolute Gasteiger partial charge is 0.373 e. The fourth-order valence-corrected chi connectivity index (χ4v) is 2.74. The van der Waals surface area contributed by atoms with Crippen LogP contribution >= 0.6 is 11.3 Å². The summed E-state index contributed by atoms with van der Waals surface area (Å²) in [6.45, 7) is 1.95. The lowest BCUT2D eigenvalue weighted by Crippen LogP contribution is -2.14. The Morgan fingerprint density at radius 3 is 2.81 bits per heavy atom. The summed E-state index contributed by atoms with van der Waals surface area (Å²) in [5, 5.41) is 8.34. The summed E-state index contributed by atoms with van der Waals surface area (Å²) in [5.41, 5.74) is 0.367. The zero-order chi connectivity index (χ0) is 14.8. The van der Waals surface area contributed by atoms with Crippen molar-refractivity contribution in [2.75, 3.05) is 17.7 Å². The number of rotatable bonds is 3. The predicted molar refractivity (Wildman–Crippen MR) is 86.1 cm³/mol. The monoisotopic (exact) mass is 298 g/mol. The van der Waals surface area contributed by atoms with Crippen LogP contribution < -0.4 is 10.6 Å². The number of fused-ring (bicyclic) bond motifs is 1. The van der Waals surface area contributed by atoms with Gasteiger partial charge in [0.25, 0.3) is 5.91 Å². The first kappa shape index (κ1) is 13.5. The minimum absolute atomic E-state index is 0.258. The van der Waals surface area contributed by atoms with E-state index in [1.54, 1.807) is 19.3 Å². The highest BCUT2D eigenvalue weighted by Crippen LogP contribution is 2.23. The highest BCUT2D eigenvalue weighted by atomic mass is 32.1. The molecule has 0 aliphatic heterocycles. The van der Waals surface area contributed by atoms with Crippen LogP contribution in [0.2, 0.25) is 0 Å². The van der Waals surface area contributed by atoms with E-state index in [4.69, 9.17) is 0 Å². The Bertz CT molecular complexity index is 812. The van der Waals surface area contributed by atoms with Crippen molar-refractivity contribution in [3.05, 3.63) is 47.1 Å². The number of nitrogens with one attached hydrogen (secondary N) is 2. The zero-order valence-corrected chi connectivity index (χ0v) is 12.5. The number of carbonyl (C=O) groups is 1. The third kappa shape index (κ3) is 2.71. The van der Waals surface area contributed by atoms with Gasteiger partial charge in [0.05, 0.1) is 0 Å². The normalized spacial score (nSPS) is 10.6. The van der Waals surface area contributed by atoms with Gasteiger partial charge in [-0.05, 0) is 18.4 Å². The molecule has 1 amide bonds. The molecule has 0 bridgehead atoms. The standard InChI is InChI=1S/C15H14N4OS/c1-9-8-17-15(21-9)19-14(20)12-7-10-5-3-4-6-11(10)13(16-2)18-12/h3-8H,1-2H3,(H,16,18)(H,17,19,20). The van der Waals surface area contributed by atoms with Gasteiger partial charge in [-0.1, -0.05) is 24.3 Å². The smallest absolute Gasteiger partial charge is 0.276 e. The van der Waals surface area contributed by atoms with Crippen molar-refractivity contribution in [2.45, 2.75) is 6.92 Å². The fourth-order valence-electron chi connectivity index (χ4n) is 2.08. The minimum Gasteiger partial charge on any atom is -0.373 e. The van der Waals surface area contributed by atoms with Gasteiger partial charge in [-0.2, -0.15) is 0 Å². The van der Waals surface area contributed by atoms with Gasteiger partial charge in [0.2, 0.25) is 0 Å². The zero-order valence-electron chi connectivity index (χ0n) is 11.7. The Balaban J connectivity index is 1.98. The van der Waals surface area contributed by atoms with E-state index in [1.807, 2.05) is 31.2 Å². The van der Waals surface area contributed by atoms with Gasteiger partial charge in [-0.25, -0.2) is 9.97 Å². The van der Waals surface area contributed by atoms with Crippen LogP contribution in [0.3, 0.4) is 0 Å². The summed E-state index contributed by atoms with van der Waals surface area (Å²) >= 11 is 1.44. The number of benzene rings is 1. The van der Waals surface area contributed by atoms with Crippen molar-refractivity contribution in [1.82, 2.24) is 9.97 Å². The van der Waals surface area contributed by atoms with E-state index in [0.29, 0.717) is 16.6 Å². The number of amides is 1. The predicted octanol–water partition coefficient (Wildman–Crippen LogP) is 3.29. The molecule has 106 valence electrons. The van der Waals surface area contributed by atoms with Crippen LogP contribution in [0.1, 0.15) is 15.4 Å². The minimum atomic E-state index is -0.258. The first-order valence-corrected chi connectivity index (χ1v) is 7.30. The number of anilines is 2. The lowest BCUT2D eigenvalue weighted by atomic mass is 10.1. The molecule has 0 fully saturated rings. The molecule has 0 atom stereocenters. The van der Waals surface area contributed by atoms with Crippen LogP contribution in [0.15, 0.2) is 36.5 Å². The number of carbonyl (C=O) groups excluding carboxylic acids is 1. The molecule has 2 aromatic heterocycles. The maximum Gasteiger partial charge on any atom is 0.276 e. The quantitative estimate of drug-likeness (QED) is 0.778. The lowest BCUT2D eigenvalue weighted by Gasteiger charge is -2.08. The Hall–Kier alpha value is -2.47. The molecule has 5 nitrogen and oxygen atoms in total. The Kier molecular flexibility index (Phi) is 3.53. The maximum atomic E-state index is 12.3. The molecule has 0 aliphatic rings. The first-order valence-electron chi connectivity index (χ1n) is 6.48. The highest BCUT2D eigenvalue weighted by molar-refractivity contribution is 7.15. The molecular weight excluding hydrogens is 284 g/mol. The number of aryl methyl sites for hydroxylation is 1. The molecule has 1 aromatic carbocycles. The number of hydrogen-bond donors (Lipinski definition) is 2.